The van der Waals surface area contributed by atoms with Crippen molar-refractivity contribution in [2.75, 3.05) is 26.2 Å². The van der Waals surface area contributed by atoms with Gasteiger partial charge in [0.05, 0.1) is 0 Å². The van der Waals surface area contributed by atoms with E-state index in [9.17, 15) is 14.7 Å². The number of phenolic OH excluding ortho intramolecular Hbond substituents is 1. The van der Waals surface area contributed by atoms with Gasteiger partial charge in [-0.3, -0.25) is 9.59 Å². The molecule has 1 saturated heterocycles. The minimum atomic E-state index is -0.0724. The van der Waals surface area contributed by atoms with Gasteiger partial charge in [0.2, 0.25) is 0 Å². The second-order valence-corrected chi connectivity index (χ2v) is 5.50. The normalized spacial score (nSPS) is 14.6. The first-order valence-electron chi connectivity index (χ1n) is 7.58. The maximum Gasteiger partial charge on any atom is 0.253 e. The zero-order chi connectivity index (χ0) is 16.2. The van der Waals surface area contributed by atoms with Crippen molar-refractivity contribution < 1.29 is 14.7 Å². The predicted molar refractivity (Wildman–Crippen MR) is 86.4 cm³/mol. The molecule has 1 fully saturated rings. The molecule has 0 radical (unpaired) electrons. The summed E-state index contributed by atoms with van der Waals surface area (Å²) in [6, 6.07) is 15.4. The number of benzene rings is 2. The van der Waals surface area contributed by atoms with Crippen LogP contribution in [0, 0.1) is 0 Å². The van der Waals surface area contributed by atoms with E-state index >= 15 is 0 Å². The zero-order valence-corrected chi connectivity index (χ0v) is 12.7. The van der Waals surface area contributed by atoms with Crippen molar-refractivity contribution >= 4 is 11.8 Å². The fourth-order valence-electron chi connectivity index (χ4n) is 2.66. The molecule has 23 heavy (non-hydrogen) atoms. The second kappa shape index (κ2) is 6.52. The van der Waals surface area contributed by atoms with E-state index in [1.807, 2.05) is 18.2 Å². The topological polar surface area (TPSA) is 60.9 Å². The van der Waals surface area contributed by atoms with Crippen LogP contribution in [0.15, 0.2) is 54.6 Å². The number of amides is 2. The smallest absolute Gasteiger partial charge is 0.253 e. The largest absolute Gasteiger partial charge is 0.508 e. The van der Waals surface area contributed by atoms with E-state index in [-0.39, 0.29) is 17.6 Å². The highest BCUT2D eigenvalue weighted by molar-refractivity contribution is 5.96. The van der Waals surface area contributed by atoms with Gasteiger partial charge >= 0.3 is 0 Å². The van der Waals surface area contributed by atoms with Gasteiger partial charge in [-0.25, -0.2) is 0 Å². The van der Waals surface area contributed by atoms with Crippen molar-refractivity contribution in [1.29, 1.82) is 0 Å². The zero-order valence-electron chi connectivity index (χ0n) is 12.7. The molecule has 118 valence electrons. The number of phenols is 1. The van der Waals surface area contributed by atoms with Gasteiger partial charge in [-0.15, -0.1) is 0 Å². The molecule has 2 aromatic carbocycles. The SMILES string of the molecule is O=C(c1ccccc1)N1CCN(C(=O)c2ccc(O)cc2)CC1. The maximum atomic E-state index is 12.4. The fraction of sp³-hybridized carbons (Fsp3) is 0.222. The minimum Gasteiger partial charge on any atom is -0.508 e. The third-order valence-corrected chi connectivity index (χ3v) is 3.99. The lowest BCUT2D eigenvalue weighted by Gasteiger charge is -2.34. The number of hydrogen-bond donors (Lipinski definition) is 1. The molecule has 5 nitrogen and oxygen atoms in total. The molecular weight excluding hydrogens is 292 g/mol. The average molecular weight is 310 g/mol. The molecule has 2 amide bonds. The lowest BCUT2D eigenvalue weighted by Crippen LogP contribution is -2.50. The first-order chi connectivity index (χ1) is 11.1. The number of hydrogen-bond acceptors (Lipinski definition) is 3. The molecule has 2 aromatic rings. The summed E-state index contributed by atoms with van der Waals surface area (Å²) in [7, 11) is 0. The Morgan fingerprint density at radius 2 is 1.13 bits per heavy atom. The number of nitrogens with zero attached hydrogens (tertiary/aromatic N) is 2. The lowest BCUT2D eigenvalue weighted by atomic mass is 10.1. The monoisotopic (exact) mass is 310 g/mol. The Morgan fingerprint density at radius 1 is 0.696 bits per heavy atom. The van der Waals surface area contributed by atoms with E-state index in [0.717, 1.165) is 0 Å². The molecule has 1 N–H and O–H groups in total. The molecular formula is C18H18N2O3. The van der Waals surface area contributed by atoms with Gasteiger partial charge in [-0.05, 0) is 36.4 Å². The molecule has 3 rings (SSSR count). The van der Waals surface area contributed by atoms with Gasteiger partial charge in [0.25, 0.3) is 11.8 Å². The molecule has 1 heterocycles. The molecule has 5 heteroatoms. The molecule has 1 aliphatic rings. The van der Waals surface area contributed by atoms with Crippen molar-refractivity contribution in [2.45, 2.75) is 0 Å². The van der Waals surface area contributed by atoms with E-state index in [1.54, 1.807) is 34.1 Å². The number of aromatic hydroxyl groups is 1. The first kappa shape index (κ1) is 15.1. The van der Waals surface area contributed by atoms with Crippen LogP contribution in [0.2, 0.25) is 0 Å². The lowest BCUT2D eigenvalue weighted by molar-refractivity contribution is 0.0535. The van der Waals surface area contributed by atoms with Crippen molar-refractivity contribution in [1.82, 2.24) is 9.80 Å². The van der Waals surface area contributed by atoms with Crippen LogP contribution < -0.4 is 0 Å². The van der Waals surface area contributed by atoms with Crippen LogP contribution in [-0.4, -0.2) is 52.9 Å². The molecule has 0 bridgehead atoms. The standard InChI is InChI=1S/C18H18N2O3/c21-16-8-6-15(7-9-16)18(23)20-12-10-19(11-13-20)17(22)14-4-2-1-3-5-14/h1-9,21H,10-13H2. The molecule has 0 unspecified atom stereocenters. The quantitative estimate of drug-likeness (QED) is 0.923. The van der Waals surface area contributed by atoms with Crippen molar-refractivity contribution in [3.63, 3.8) is 0 Å². The Kier molecular flexibility index (Phi) is 4.28. The van der Waals surface area contributed by atoms with Gasteiger partial charge in [-0.2, -0.15) is 0 Å². The third kappa shape index (κ3) is 3.34. The number of carbonyl (C=O) groups excluding carboxylic acids is 2. The Morgan fingerprint density at radius 3 is 1.61 bits per heavy atom. The number of carbonyl (C=O) groups is 2. The summed E-state index contributed by atoms with van der Waals surface area (Å²) < 4.78 is 0. The minimum absolute atomic E-state index is 0.00216. The highest BCUT2D eigenvalue weighted by atomic mass is 16.3. The molecule has 0 saturated carbocycles. The highest BCUT2D eigenvalue weighted by Gasteiger charge is 2.25. The van der Waals surface area contributed by atoms with Crippen molar-refractivity contribution in [3.05, 3.63) is 65.7 Å². The number of piperazine rings is 1. The van der Waals surface area contributed by atoms with E-state index in [0.29, 0.717) is 37.3 Å². The van der Waals surface area contributed by atoms with E-state index < -0.39 is 0 Å². The summed E-state index contributed by atoms with van der Waals surface area (Å²) >= 11 is 0. The van der Waals surface area contributed by atoms with Crippen LogP contribution in [0.4, 0.5) is 0 Å². The van der Waals surface area contributed by atoms with Crippen molar-refractivity contribution in [3.8, 4) is 5.75 Å². The summed E-state index contributed by atoms with van der Waals surface area (Å²) in [6.45, 7) is 2.08. The second-order valence-electron chi connectivity index (χ2n) is 5.50. The van der Waals surface area contributed by atoms with Crippen LogP contribution in [0.5, 0.6) is 5.75 Å². The van der Waals surface area contributed by atoms with Crippen LogP contribution in [-0.2, 0) is 0 Å². The van der Waals surface area contributed by atoms with E-state index in [2.05, 4.69) is 0 Å². The van der Waals surface area contributed by atoms with Gasteiger partial charge in [-0.1, -0.05) is 18.2 Å². The van der Waals surface area contributed by atoms with Gasteiger partial charge < -0.3 is 14.9 Å². The van der Waals surface area contributed by atoms with Gasteiger partial charge in [0.1, 0.15) is 5.75 Å². The number of rotatable bonds is 2. The van der Waals surface area contributed by atoms with Crippen molar-refractivity contribution in [2.24, 2.45) is 0 Å². The Balaban J connectivity index is 1.61. The summed E-state index contributed by atoms with van der Waals surface area (Å²) in [5.41, 5.74) is 1.22. The maximum absolute atomic E-state index is 12.4. The summed E-state index contributed by atoms with van der Waals surface area (Å²) in [6.07, 6.45) is 0. The molecule has 1 aliphatic heterocycles. The van der Waals surface area contributed by atoms with Crippen LogP contribution in [0.1, 0.15) is 20.7 Å². The van der Waals surface area contributed by atoms with Gasteiger partial charge in [0, 0.05) is 37.3 Å². The Labute approximate surface area is 134 Å². The third-order valence-electron chi connectivity index (χ3n) is 3.99. The first-order valence-corrected chi connectivity index (χ1v) is 7.58. The Bertz CT molecular complexity index is 690. The van der Waals surface area contributed by atoms with E-state index in [4.69, 9.17) is 0 Å². The van der Waals surface area contributed by atoms with Gasteiger partial charge in [0.15, 0.2) is 0 Å². The summed E-state index contributed by atoms with van der Waals surface area (Å²) in [5, 5.41) is 9.28. The van der Waals surface area contributed by atoms with Crippen LogP contribution >= 0.6 is 0 Å². The highest BCUT2D eigenvalue weighted by Crippen LogP contribution is 2.14. The predicted octanol–water partition coefficient (Wildman–Crippen LogP) is 1.99. The molecule has 0 atom stereocenters. The summed E-state index contributed by atoms with van der Waals surface area (Å²) in [4.78, 5) is 28.3. The molecule has 0 spiro atoms. The average Bonchev–Trinajstić information content (AvgIpc) is 2.62. The summed E-state index contributed by atoms with van der Waals surface area (Å²) in [5.74, 6) is 0.0685. The van der Waals surface area contributed by atoms with Crippen LogP contribution in [0.3, 0.4) is 0 Å². The fourth-order valence-corrected chi connectivity index (χ4v) is 2.66. The van der Waals surface area contributed by atoms with Crippen LogP contribution in [0.25, 0.3) is 0 Å². The van der Waals surface area contributed by atoms with E-state index in [1.165, 1.54) is 12.1 Å². The molecule has 0 aliphatic carbocycles. The Hall–Kier alpha value is -2.82. The molecule has 0 aromatic heterocycles.